The molecule has 0 aliphatic heterocycles. The van der Waals surface area contributed by atoms with Gasteiger partial charge in [-0.25, -0.2) is 4.98 Å². The number of fused-ring (bicyclic) bond motifs is 2. The third kappa shape index (κ3) is 2.01. The van der Waals surface area contributed by atoms with Gasteiger partial charge in [-0.05, 0) is 50.4 Å². The smallest absolute Gasteiger partial charge is 0.137 e. The Morgan fingerprint density at radius 1 is 1.47 bits per heavy atom. The van der Waals surface area contributed by atoms with Gasteiger partial charge in [0.15, 0.2) is 0 Å². The van der Waals surface area contributed by atoms with Crippen molar-refractivity contribution in [3.05, 3.63) is 18.2 Å². The quantitative estimate of drug-likeness (QED) is 0.870. The van der Waals surface area contributed by atoms with Crippen LogP contribution in [0.5, 0.6) is 0 Å². The van der Waals surface area contributed by atoms with Gasteiger partial charge in [-0.1, -0.05) is 6.42 Å². The predicted octanol–water partition coefficient (Wildman–Crippen LogP) is 2.76. The Labute approximate surface area is 103 Å². The normalized spacial score (nSPS) is 33.2. The Kier molecular flexibility index (Phi) is 2.95. The van der Waals surface area contributed by atoms with Crippen molar-refractivity contribution in [2.45, 2.75) is 51.7 Å². The molecule has 1 N–H and O–H groups in total. The highest BCUT2D eigenvalue weighted by atomic mass is 16.3. The maximum absolute atomic E-state index is 10.3. The van der Waals surface area contributed by atoms with Crippen molar-refractivity contribution in [2.24, 2.45) is 17.8 Å². The van der Waals surface area contributed by atoms with E-state index in [1.807, 2.05) is 6.20 Å². The van der Waals surface area contributed by atoms with Crippen molar-refractivity contribution >= 4 is 0 Å². The van der Waals surface area contributed by atoms with Crippen LogP contribution < -0.4 is 0 Å². The Hall–Kier alpha value is -0.830. The van der Waals surface area contributed by atoms with E-state index in [2.05, 4.69) is 16.5 Å². The van der Waals surface area contributed by atoms with E-state index in [4.69, 9.17) is 0 Å². The van der Waals surface area contributed by atoms with Crippen LogP contribution >= 0.6 is 0 Å². The second kappa shape index (κ2) is 4.45. The van der Waals surface area contributed by atoms with Gasteiger partial charge in [-0.2, -0.15) is 0 Å². The molecule has 4 atom stereocenters. The lowest BCUT2D eigenvalue weighted by molar-refractivity contribution is 0.114. The molecule has 4 unspecified atom stereocenters. The molecule has 0 radical (unpaired) electrons. The zero-order chi connectivity index (χ0) is 11.8. The first-order valence-corrected chi connectivity index (χ1v) is 6.97. The summed E-state index contributed by atoms with van der Waals surface area (Å²) in [5, 5.41) is 10.3. The highest BCUT2D eigenvalue weighted by Crippen LogP contribution is 2.50. The standard InChI is InChI=1S/C14H22N2O/c1-2-16-6-5-15-14(16)13(17)9-12-8-10-3-4-11(12)7-10/h5-6,10-13,17H,2-4,7-9H2,1H3. The van der Waals surface area contributed by atoms with E-state index in [-0.39, 0.29) is 6.10 Å². The third-order valence-electron chi connectivity index (χ3n) is 4.80. The second-order valence-corrected chi connectivity index (χ2v) is 5.76. The third-order valence-corrected chi connectivity index (χ3v) is 4.80. The molecule has 2 aliphatic rings. The van der Waals surface area contributed by atoms with Gasteiger partial charge in [-0.15, -0.1) is 0 Å². The molecule has 3 rings (SSSR count). The summed E-state index contributed by atoms with van der Waals surface area (Å²) in [6.07, 6.45) is 9.88. The summed E-state index contributed by atoms with van der Waals surface area (Å²) in [6, 6.07) is 0. The summed E-state index contributed by atoms with van der Waals surface area (Å²) >= 11 is 0. The van der Waals surface area contributed by atoms with Crippen molar-refractivity contribution in [1.29, 1.82) is 0 Å². The molecule has 0 saturated heterocycles. The van der Waals surface area contributed by atoms with Crippen molar-refractivity contribution in [3.8, 4) is 0 Å². The van der Waals surface area contributed by atoms with Crippen molar-refractivity contribution in [3.63, 3.8) is 0 Å². The van der Waals surface area contributed by atoms with Crippen LogP contribution in [0.1, 0.15) is 51.0 Å². The number of aromatic nitrogens is 2. The molecule has 3 heteroatoms. The minimum Gasteiger partial charge on any atom is -0.385 e. The molecule has 2 aliphatic carbocycles. The molecule has 94 valence electrons. The Balaban J connectivity index is 1.65. The fourth-order valence-corrected chi connectivity index (χ4v) is 3.94. The molecule has 1 aromatic rings. The van der Waals surface area contributed by atoms with Crippen LogP contribution in [0, 0.1) is 17.8 Å². The van der Waals surface area contributed by atoms with Gasteiger partial charge >= 0.3 is 0 Å². The Bertz CT molecular complexity index is 387. The molecular formula is C14H22N2O. The molecule has 0 spiro atoms. The van der Waals surface area contributed by atoms with Gasteiger partial charge in [0.2, 0.25) is 0 Å². The van der Waals surface area contributed by atoms with Gasteiger partial charge in [0.1, 0.15) is 11.9 Å². The van der Waals surface area contributed by atoms with Crippen LogP contribution in [0.15, 0.2) is 12.4 Å². The molecule has 0 amide bonds. The molecule has 2 bridgehead atoms. The maximum Gasteiger partial charge on any atom is 0.137 e. The van der Waals surface area contributed by atoms with Crippen LogP contribution in [0.4, 0.5) is 0 Å². The summed E-state index contributed by atoms with van der Waals surface area (Å²) in [4.78, 5) is 4.30. The number of aliphatic hydroxyl groups is 1. The van der Waals surface area contributed by atoms with E-state index in [1.54, 1.807) is 6.20 Å². The summed E-state index contributed by atoms with van der Waals surface area (Å²) in [5.74, 6) is 3.45. The Morgan fingerprint density at radius 2 is 2.35 bits per heavy atom. The number of nitrogens with zero attached hydrogens (tertiary/aromatic N) is 2. The van der Waals surface area contributed by atoms with Crippen molar-refractivity contribution in [1.82, 2.24) is 9.55 Å². The number of aliphatic hydroxyl groups excluding tert-OH is 1. The van der Waals surface area contributed by atoms with E-state index >= 15 is 0 Å². The van der Waals surface area contributed by atoms with Gasteiger partial charge in [0.25, 0.3) is 0 Å². The zero-order valence-corrected chi connectivity index (χ0v) is 10.5. The molecule has 0 aromatic carbocycles. The first-order chi connectivity index (χ1) is 8.28. The van der Waals surface area contributed by atoms with Gasteiger partial charge in [0.05, 0.1) is 0 Å². The Morgan fingerprint density at radius 3 is 3.00 bits per heavy atom. The maximum atomic E-state index is 10.3. The molecule has 3 nitrogen and oxygen atoms in total. The lowest BCUT2D eigenvalue weighted by Gasteiger charge is -2.24. The lowest BCUT2D eigenvalue weighted by Crippen LogP contribution is -2.16. The number of hydrogen-bond acceptors (Lipinski definition) is 2. The fourth-order valence-electron chi connectivity index (χ4n) is 3.94. The average Bonchev–Trinajstić information content (AvgIpc) is 3.04. The van der Waals surface area contributed by atoms with Crippen LogP contribution in [0.2, 0.25) is 0 Å². The topological polar surface area (TPSA) is 38.0 Å². The van der Waals surface area contributed by atoms with E-state index in [9.17, 15) is 5.11 Å². The molecule has 2 fully saturated rings. The largest absolute Gasteiger partial charge is 0.385 e. The minimum absolute atomic E-state index is 0.366. The average molecular weight is 234 g/mol. The fraction of sp³-hybridized carbons (Fsp3) is 0.786. The SMILES string of the molecule is CCn1ccnc1C(O)CC1CC2CCC1C2. The second-order valence-electron chi connectivity index (χ2n) is 5.76. The highest BCUT2D eigenvalue weighted by molar-refractivity contribution is 4.99. The molecule has 17 heavy (non-hydrogen) atoms. The zero-order valence-electron chi connectivity index (χ0n) is 10.5. The molecular weight excluding hydrogens is 212 g/mol. The molecule has 1 heterocycles. The summed E-state index contributed by atoms with van der Waals surface area (Å²) in [5.41, 5.74) is 0. The van der Waals surface area contributed by atoms with Crippen LogP contribution in [-0.4, -0.2) is 14.7 Å². The number of rotatable bonds is 4. The predicted molar refractivity (Wildman–Crippen MR) is 66.4 cm³/mol. The van der Waals surface area contributed by atoms with Crippen LogP contribution in [0.25, 0.3) is 0 Å². The first-order valence-electron chi connectivity index (χ1n) is 6.97. The molecule has 2 saturated carbocycles. The minimum atomic E-state index is -0.366. The number of imidazole rings is 1. The van der Waals surface area contributed by atoms with E-state index in [0.717, 1.165) is 36.5 Å². The monoisotopic (exact) mass is 234 g/mol. The summed E-state index contributed by atoms with van der Waals surface area (Å²) in [6.45, 7) is 2.98. The van der Waals surface area contributed by atoms with Crippen LogP contribution in [-0.2, 0) is 6.54 Å². The first kappa shape index (κ1) is 11.3. The van der Waals surface area contributed by atoms with Gasteiger partial charge in [-0.3, -0.25) is 0 Å². The van der Waals surface area contributed by atoms with Crippen molar-refractivity contribution < 1.29 is 5.11 Å². The summed E-state index contributed by atoms with van der Waals surface area (Å²) < 4.78 is 2.05. The van der Waals surface area contributed by atoms with E-state index in [0.29, 0.717) is 0 Å². The van der Waals surface area contributed by atoms with Crippen LogP contribution in [0.3, 0.4) is 0 Å². The molecule has 1 aromatic heterocycles. The highest BCUT2D eigenvalue weighted by Gasteiger charge is 2.40. The van der Waals surface area contributed by atoms with Crippen molar-refractivity contribution in [2.75, 3.05) is 0 Å². The van der Waals surface area contributed by atoms with E-state index in [1.165, 1.54) is 25.7 Å². The van der Waals surface area contributed by atoms with E-state index < -0.39 is 0 Å². The number of hydrogen-bond donors (Lipinski definition) is 1. The number of aryl methyl sites for hydroxylation is 1. The van der Waals surface area contributed by atoms with Gasteiger partial charge in [0, 0.05) is 18.9 Å². The summed E-state index contributed by atoms with van der Waals surface area (Å²) in [7, 11) is 0. The lowest BCUT2D eigenvalue weighted by atomic mass is 9.85. The van der Waals surface area contributed by atoms with Gasteiger partial charge < -0.3 is 9.67 Å².